The van der Waals surface area contributed by atoms with Gasteiger partial charge >= 0.3 is 5.97 Å². The molecule has 0 aromatic carbocycles. The molecule has 0 bridgehead atoms. The van der Waals surface area contributed by atoms with Gasteiger partial charge in [0.2, 0.25) is 0 Å². The lowest BCUT2D eigenvalue weighted by Gasteiger charge is -2.19. The Morgan fingerprint density at radius 3 is 2.78 bits per heavy atom. The number of esters is 1. The molecule has 0 amide bonds. The molecule has 0 aliphatic heterocycles. The number of rotatable bonds is 4. The van der Waals surface area contributed by atoms with E-state index in [0.717, 1.165) is 28.5 Å². The summed E-state index contributed by atoms with van der Waals surface area (Å²) < 4.78 is 7.34. The highest BCUT2D eigenvalue weighted by Crippen LogP contribution is 2.39. The highest BCUT2D eigenvalue weighted by Gasteiger charge is 2.29. The number of nitrogen functional groups attached to an aromatic ring is 1. The number of aryl methyl sites for hydroxylation is 1. The van der Waals surface area contributed by atoms with Gasteiger partial charge in [0.15, 0.2) is 10.8 Å². The zero-order valence-electron chi connectivity index (χ0n) is 13.9. The van der Waals surface area contributed by atoms with Crippen LogP contribution in [0.15, 0.2) is 6.20 Å². The molecule has 6 nitrogen and oxygen atoms in total. The lowest BCUT2D eigenvalue weighted by molar-refractivity contribution is 0.00647. The van der Waals surface area contributed by atoms with Crippen LogP contribution in [0.3, 0.4) is 0 Å². The maximum atomic E-state index is 12.5. The molecule has 3 rings (SSSR count). The van der Waals surface area contributed by atoms with Crippen molar-refractivity contribution >= 4 is 22.4 Å². The standard InChI is InChI=1S/C16H22N4O2S/c1-16(2,3)22-14(21)12-13(23-15(17)19-12)10-8-18-20(4)11(10)7-9-5-6-9/h8-9H,5-7H2,1-4H3,(H2,17,19). The first kappa shape index (κ1) is 16.0. The maximum absolute atomic E-state index is 12.5. The van der Waals surface area contributed by atoms with Gasteiger partial charge in [0, 0.05) is 18.3 Å². The number of thiazole rings is 1. The van der Waals surface area contributed by atoms with Gasteiger partial charge in [-0.2, -0.15) is 5.10 Å². The summed E-state index contributed by atoms with van der Waals surface area (Å²) in [6.07, 6.45) is 5.28. The number of nitrogens with zero attached hydrogens (tertiary/aromatic N) is 3. The quantitative estimate of drug-likeness (QED) is 0.869. The second-order valence-corrected chi connectivity index (χ2v) is 8.04. The van der Waals surface area contributed by atoms with Crippen LogP contribution in [0.25, 0.3) is 10.4 Å². The van der Waals surface area contributed by atoms with Crippen molar-refractivity contribution in [3.8, 4) is 10.4 Å². The molecule has 0 spiro atoms. The lowest BCUT2D eigenvalue weighted by atomic mass is 10.1. The maximum Gasteiger partial charge on any atom is 0.359 e. The molecule has 0 atom stereocenters. The summed E-state index contributed by atoms with van der Waals surface area (Å²) in [5.74, 6) is 0.279. The summed E-state index contributed by atoms with van der Waals surface area (Å²) in [4.78, 5) is 17.4. The Balaban J connectivity index is 1.99. The summed E-state index contributed by atoms with van der Waals surface area (Å²) in [7, 11) is 1.93. The van der Waals surface area contributed by atoms with Crippen LogP contribution in [0.1, 0.15) is 49.8 Å². The fourth-order valence-electron chi connectivity index (χ4n) is 2.47. The van der Waals surface area contributed by atoms with Crippen LogP contribution in [-0.2, 0) is 18.2 Å². The number of ether oxygens (including phenoxy) is 1. The average Bonchev–Trinajstić information content (AvgIpc) is 3.05. The average molecular weight is 334 g/mol. The van der Waals surface area contributed by atoms with E-state index in [1.807, 2.05) is 32.5 Å². The summed E-state index contributed by atoms with van der Waals surface area (Å²) in [5.41, 5.74) is 7.64. The van der Waals surface area contributed by atoms with Crippen LogP contribution in [0.2, 0.25) is 0 Å². The van der Waals surface area contributed by atoms with Gasteiger partial charge in [0.1, 0.15) is 5.60 Å². The van der Waals surface area contributed by atoms with Gasteiger partial charge in [-0.3, -0.25) is 4.68 Å². The highest BCUT2D eigenvalue weighted by atomic mass is 32.1. The molecular formula is C16H22N4O2S. The fourth-order valence-corrected chi connectivity index (χ4v) is 3.33. The molecule has 2 heterocycles. The number of aromatic nitrogens is 3. The topological polar surface area (TPSA) is 83.0 Å². The number of carbonyl (C=O) groups is 1. The van der Waals surface area contributed by atoms with Crippen molar-refractivity contribution in [3.05, 3.63) is 17.6 Å². The van der Waals surface area contributed by atoms with Gasteiger partial charge in [0.25, 0.3) is 0 Å². The minimum absolute atomic E-state index is 0.285. The molecule has 2 N–H and O–H groups in total. The minimum Gasteiger partial charge on any atom is -0.455 e. The van der Waals surface area contributed by atoms with Gasteiger partial charge in [-0.15, -0.1) is 0 Å². The van der Waals surface area contributed by atoms with Crippen LogP contribution in [0, 0.1) is 5.92 Å². The highest BCUT2D eigenvalue weighted by molar-refractivity contribution is 7.19. The van der Waals surface area contributed by atoms with E-state index in [0.29, 0.717) is 5.13 Å². The van der Waals surface area contributed by atoms with E-state index in [4.69, 9.17) is 10.5 Å². The Morgan fingerprint density at radius 1 is 1.48 bits per heavy atom. The third-order valence-electron chi connectivity index (χ3n) is 3.72. The Morgan fingerprint density at radius 2 is 2.17 bits per heavy atom. The number of nitrogens with two attached hydrogens (primary N) is 1. The molecule has 1 saturated carbocycles. The van der Waals surface area contributed by atoms with E-state index in [2.05, 4.69) is 10.1 Å². The van der Waals surface area contributed by atoms with Crippen LogP contribution in [0.5, 0.6) is 0 Å². The summed E-state index contributed by atoms with van der Waals surface area (Å²) >= 11 is 1.31. The molecule has 0 unspecified atom stereocenters. The molecule has 0 saturated heterocycles. The van der Waals surface area contributed by atoms with Gasteiger partial charge in [-0.05, 0) is 46.0 Å². The molecule has 124 valence electrons. The van der Waals surface area contributed by atoms with Crippen molar-refractivity contribution in [2.45, 2.75) is 45.6 Å². The van der Waals surface area contributed by atoms with Crippen molar-refractivity contribution in [1.82, 2.24) is 14.8 Å². The number of carbonyl (C=O) groups excluding carboxylic acids is 1. The molecule has 23 heavy (non-hydrogen) atoms. The molecule has 2 aromatic heterocycles. The van der Waals surface area contributed by atoms with Crippen molar-refractivity contribution < 1.29 is 9.53 Å². The molecular weight excluding hydrogens is 312 g/mol. The minimum atomic E-state index is -0.571. The SMILES string of the molecule is Cn1ncc(-c2sc(N)nc2C(=O)OC(C)(C)C)c1CC1CC1. The zero-order chi connectivity index (χ0) is 16.8. The second-order valence-electron chi connectivity index (χ2n) is 7.01. The molecule has 1 aliphatic carbocycles. The zero-order valence-corrected chi connectivity index (χ0v) is 14.7. The summed E-state index contributed by atoms with van der Waals surface area (Å²) in [5, 5.41) is 4.72. The monoisotopic (exact) mass is 334 g/mol. The molecule has 2 aromatic rings. The van der Waals surface area contributed by atoms with Crippen LogP contribution >= 0.6 is 11.3 Å². The van der Waals surface area contributed by atoms with E-state index in [1.54, 1.807) is 6.20 Å². The fraction of sp³-hybridized carbons (Fsp3) is 0.562. The summed E-state index contributed by atoms with van der Waals surface area (Å²) in [6.45, 7) is 5.51. The van der Waals surface area contributed by atoms with Crippen LogP contribution in [-0.4, -0.2) is 26.3 Å². The van der Waals surface area contributed by atoms with Crippen LogP contribution in [0.4, 0.5) is 5.13 Å². The van der Waals surface area contributed by atoms with Gasteiger partial charge in [-0.25, -0.2) is 9.78 Å². The van der Waals surface area contributed by atoms with Gasteiger partial charge in [-0.1, -0.05) is 11.3 Å². The van der Waals surface area contributed by atoms with Gasteiger partial charge in [0.05, 0.1) is 11.1 Å². The van der Waals surface area contributed by atoms with Crippen molar-refractivity contribution in [2.75, 3.05) is 5.73 Å². The Hall–Kier alpha value is -1.89. The van der Waals surface area contributed by atoms with Crippen molar-refractivity contribution in [2.24, 2.45) is 13.0 Å². The van der Waals surface area contributed by atoms with Crippen molar-refractivity contribution in [1.29, 1.82) is 0 Å². The molecule has 0 radical (unpaired) electrons. The lowest BCUT2D eigenvalue weighted by Crippen LogP contribution is -2.24. The van der Waals surface area contributed by atoms with Crippen molar-refractivity contribution in [3.63, 3.8) is 0 Å². The van der Waals surface area contributed by atoms with E-state index in [9.17, 15) is 4.79 Å². The predicted molar refractivity (Wildman–Crippen MR) is 90.3 cm³/mol. The molecule has 1 aliphatic rings. The Labute approximate surface area is 139 Å². The van der Waals surface area contributed by atoms with E-state index < -0.39 is 11.6 Å². The van der Waals surface area contributed by atoms with E-state index >= 15 is 0 Å². The number of hydrogen-bond acceptors (Lipinski definition) is 6. The van der Waals surface area contributed by atoms with E-state index in [1.165, 1.54) is 24.2 Å². The first-order valence-electron chi connectivity index (χ1n) is 7.75. The van der Waals surface area contributed by atoms with Crippen LogP contribution < -0.4 is 5.73 Å². The Bertz CT molecular complexity index is 738. The van der Waals surface area contributed by atoms with Gasteiger partial charge < -0.3 is 10.5 Å². The Kier molecular flexibility index (Phi) is 3.91. The first-order valence-corrected chi connectivity index (χ1v) is 8.57. The first-order chi connectivity index (χ1) is 10.7. The second kappa shape index (κ2) is 5.63. The van der Waals surface area contributed by atoms with E-state index in [-0.39, 0.29) is 5.69 Å². The normalized spacial score (nSPS) is 15.0. The summed E-state index contributed by atoms with van der Waals surface area (Å²) in [6, 6.07) is 0. The smallest absolute Gasteiger partial charge is 0.359 e. The predicted octanol–water partition coefficient (Wildman–Crippen LogP) is 3.03. The number of anilines is 1. The third-order valence-corrected chi connectivity index (χ3v) is 4.64. The number of hydrogen-bond donors (Lipinski definition) is 1. The largest absolute Gasteiger partial charge is 0.455 e. The molecule has 1 fully saturated rings. The molecule has 7 heteroatoms. The third kappa shape index (κ3) is 3.55.